The summed E-state index contributed by atoms with van der Waals surface area (Å²) in [6.07, 6.45) is 1.77. The van der Waals surface area contributed by atoms with E-state index in [9.17, 15) is 0 Å². The summed E-state index contributed by atoms with van der Waals surface area (Å²) in [6, 6.07) is 2.00. The van der Waals surface area contributed by atoms with Gasteiger partial charge in [-0.2, -0.15) is 0 Å². The Balaban J connectivity index is 2.78. The van der Waals surface area contributed by atoms with Gasteiger partial charge in [0.05, 0.1) is 12.8 Å². The maximum atomic E-state index is 5.37. The Labute approximate surface area is 61.0 Å². The van der Waals surface area contributed by atoms with Gasteiger partial charge in [-0.15, -0.1) is 0 Å². The quantitative estimate of drug-likeness (QED) is 0.679. The zero-order valence-corrected chi connectivity index (χ0v) is 6.42. The standard InChI is InChI=1S/C8H13NO/c1-6(2)7-3-8(4-9)10-5-7/h3,5-6H,4,9H2,1-2H3. The SMILES string of the molecule is CC(C)c1coc(CN)c1. The number of rotatable bonds is 2. The summed E-state index contributed by atoms with van der Waals surface area (Å²) in [7, 11) is 0. The van der Waals surface area contributed by atoms with Crippen LogP contribution in [0.15, 0.2) is 16.7 Å². The van der Waals surface area contributed by atoms with Crippen molar-refractivity contribution < 1.29 is 4.42 Å². The van der Waals surface area contributed by atoms with Crippen molar-refractivity contribution in [1.82, 2.24) is 0 Å². The molecule has 1 rings (SSSR count). The van der Waals surface area contributed by atoms with E-state index < -0.39 is 0 Å². The largest absolute Gasteiger partial charge is 0.468 e. The van der Waals surface area contributed by atoms with Crippen molar-refractivity contribution in [2.75, 3.05) is 0 Å². The number of hydrogen-bond donors (Lipinski definition) is 1. The highest BCUT2D eigenvalue weighted by Crippen LogP contribution is 2.16. The highest BCUT2D eigenvalue weighted by Gasteiger charge is 2.02. The van der Waals surface area contributed by atoms with Gasteiger partial charge in [0.25, 0.3) is 0 Å². The molecule has 2 N–H and O–H groups in total. The summed E-state index contributed by atoms with van der Waals surface area (Å²) < 4.78 is 5.15. The van der Waals surface area contributed by atoms with E-state index >= 15 is 0 Å². The van der Waals surface area contributed by atoms with Crippen LogP contribution in [0.25, 0.3) is 0 Å². The second-order valence-corrected chi connectivity index (χ2v) is 2.71. The Morgan fingerprint density at radius 1 is 1.60 bits per heavy atom. The lowest BCUT2D eigenvalue weighted by Crippen LogP contribution is -1.93. The third kappa shape index (κ3) is 1.39. The summed E-state index contributed by atoms with van der Waals surface area (Å²) in [5.41, 5.74) is 6.59. The van der Waals surface area contributed by atoms with Crippen LogP contribution in [0.3, 0.4) is 0 Å². The Kier molecular flexibility index (Phi) is 2.12. The molecular weight excluding hydrogens is 126 g/mol. The molecule has 0 unspecified atom stereocenters. The van der Waals surface area contributed by atoms with E-state index in [4.69, 9.17) is 10.2 Å². The van der Waals surface area contributed by atoms with Crippen molar-refractivity contribution in [2.24, 2.45) is 5.73 Å². The lowest BCUT2D eigenvalue weighted by molar-refractivity contribution is 0.509. The molecule has 0 saturated heterocycles. The molecule has 10 heavy (non-hydrogen) atoms. The Morgan fingerprint density at radius 3 is 2.60 bits per heavy atom. The first-order chi connectivity index (χ1) is 4.74. The second kappa shape index (κ2) is 2.88. The van der Waals surface area contributed by atoms with E-state index in [1.54, 1.807) is 6.26 Å². The van der Waals surface area contributed by atoms with Crippen LogP contribution in [-0.4, -0.2) is 0 Å². The highest BCUT2D eigenvalue weighted by molar-refractivity contribution is 5.15. The summed E-state index contributed by atoms with van der Waals surface area (Å²) in [6.45, 7) is 4.75. The van der Waals surface area contributed by atoms with Gasteiger partial charge in [-0.05, 0) is 17.5 Å². The van der Waals surface area contributed by atoms with Crippen molar-refractivity contribution in [3.63, 3.8) is 0 Å². The van der Waals surface area contributed by atoms with Crippen LogP contribution in [0.1, 0.15) is 31.1 Å². The zero-order valence-electron chi connectivity index (χ0n) is 6.42. The van der Waals surface area contributed by atoms with Crippen molar-refractivity contribution in [1.29, 1.82) is 0 Å². The first-order valence-corrected chi connectivity index (χ1v) is 3.51. The minimum atomic E-state index is 0.493. The lowest BCUT2D eigenvalue weighted by Gasteiger charge is -1.95. The molecule has 0 aromatic carbocycles. The molecule has 0 aliphatic carbocycles. The van der Waals surface area contributed by atoms with Gasteiger partial charge in [-0.3, -0.25) is 0 Å². The Morgan fingerprint density at radius 2 is 2.30 bits per heavy atom. The second-order valence-electron chi connectivity index (χ2n) is 2.71. The van der Waals surface area contributed by atoms with Crippen molar-refractivity contribution in [3.05, 3.63) is 23.7 Å². The highest BCUT2D eigenvalue weighted by atomic mass is 16.3. The monoisotopic (exact) mass is 139 g/mol. The van der Waals surface area contributed by atoms with Gasteiger partial charge >= 0.3 is 0 Å². The fourth-order valence-corrected chi connectivity index (χ4v) is 0.807. The van der Waals surface area contributed by atoms with E-state index in [1.807, 2.05) is 6.07 Å². The average molecular weight is 139 g/mol. The minimum Gasteiger partial charge on any atom is -0.468 e. The van der Waals surface area contributed by atoms with Crippen molar-refractivity contribution in [3.8, 4) is 0 Å². The van der Waals surface area contributed by atoms with Crippen LogP contribution < -0.4 is 5.73 Å². The summed E-state index contributed by atoms with van der Waals surface area (Å²) in [4.78, 5) is 0. The summed E-state index contributed by atoms with van der Waals surface area (Å²) in [5.74, 6) is 1.40. The van der Waals surface area contributed by atoms with Crippen LogP contribution in [0.4, 0.5) is 0 Å². The topological polar surface area (TPSA) is 39.2 Å². The molecule has 1 aromatic rings. The molecule has 0 aliphatic rings. The van der Waals surface area contributed by atoms with E-state index in [1.165, 1.54) is 5.56 Å². The molecule has 0 fully saturated rings. The average Bonchev–Trinajstić information content (AvgIpc) is 2.34. The molecule has 1 heterocycles. The van der Waals surface area contributed by atoms with Crippen LogP contribution in [-0.2, 0) is 6.54 Å². The van der Waals surface area contributed by atoms with Crippen LogP contribution in [0, 0.1) is 0 Å². The molecule has 0 bridgehead atoms. The van der Waals surface area contributed by atoms with Gasteiger partial charge in [0.1, 0.15) is 5.76 Å². The van der Waals surface area contributed by atoms with Crippen molar-refractivity contribution >= 4 is 0 Å². The molecule has 0 amide bonds. The van der Waals surface area contributed by atoms with E-state index in [-0.39, 0.29) is 0 Å². The molecule has 0 aliphatic heterocycles. The maximum Gasteiger partial charge on any atom is 0.117 e. The molecular formula is C8H13NO. The van der Waals surface area contributed by atoms with E-state index in [2.05, 4.69) is 13.8 Å². The third-order valence-electron chi connectivity index (χ3n) is 1.54. The van der Waals surface area contributed by atoms with Crippen LogP contribution in [0.2, 0.25) is 0 Å². The number of hydrogen-bond acceptors (Lipinski definition) is 2. The lowest BCUT2D eigenvalue weighted by atomic mass is 10.1. The van der Waals surface area contributed by atoms with Gasteiger partial charge in [0.15, 0.2) is 0 Å². The maximum absolute atomic E-state index is 5.37. The molecule has 0 radical (unpaired) electrons. The summed E-state index contributed by atoms with van der Waals surface area (Å²) >= 11 is 0. The summed E-state index contributed by atoms with van der Waals surface area (Å²) in [5, 5.41) is 0. The predicted molar refractivity (Wildman–Crippen MR) is 40.7 cm³/mol. The van der Waals surface area contributed by atoms with Crippen LogP contribution >= 0.6 is 0 Å². The molecule has 0 saturated carbocycles. The zero-order chi connectivity index (χ0) is 7.56. The first-order valence-electron chi connectivity index (χ1n) is 3.51. The normalized spacial score (nSPS) is 10.8. The molecule has 0 atom stereocenters. The number of nitrogens with two attached hydrogens (primary N) is 1. The van der Waals surface area contributed by atoms with Gasteiger partial charge in [0.2, 0.25) is 0 Å². The number of furan rings is 1. The van der Waals surface area contributed by atoms with Crippen LogP contribution in [0.5, 0.6) is 0 Å². The van der Waals surface area contributed by atoms with Crippen molar-refractivity contribution in [2.45, 2.75) is 26.3 Å². The Hall–Kier alpha value is -0.760. The molecule has 1 aromatic heterocycles. The third-order valence-corrected chi connectivity index (χ3v) is 1.54. The fourth-order valence-electron chi connectivity index (χ4n) is 0.807. The van der Waals surface area contributed by atoms with Gasteiger partial charge in [0, 0.05) is 0 Å². The molecule has 56 valence electrons. The van der Waals surface area contributed by atoms with E-state index in [0.717, 1.165) is 5.76 Å². The first kappa shape index (κ1) is 7.35. The molecule has 2 heteroatoms. The molecule has 0 spiro atoms. The molecule has 2 nitrogen and oxygen atoms in total. The van der Waals surface area contributed by atoms with Gasteiger partial charge in [-0.25, -0.2) is 0 Å². The smallest absolute Gasteiger partial charge is 0.117 e. The fraction of sp³-hybridized carbons (Fsp3) is 0.500. The minimum absolute atomic E-state index is 0.493. The Bertz CT molecular complexity index is 203. The van der Waals surface area contributed by atoms with E-state index in [0.29, 0.717) is 12.5 Å². The van der Waals surface area contributed by atoms with Gasteiger partial charge < -0.3 is 10.2 Å². The predicted octanol–water partition coefficient (Wildman–Crippen LogP) is 1.86. The van der Waals surface area contributed by atoms with Gasteiger partial charge in [-0.1, -0.05) is 13.8 Å².